The van der Waals surface area contributed by atoms with Crippen LogP contribution in [0.3, 0.4) is 0 Å². The lowest BCUT2D eigenvalue weighted by Crippen LogP contribution is -1.98. The molecule has 0 unspecified atom stereocenters. The molecule has 0 saturated heterocycles. The molecule has 0 heterocycles. The molecular weight excluding hydrogens is 90.1 g/mol. The Labute approximate surface area is 44.9 Å². The zero-order chi connectivity index (χ0) is 6.12. The van der Waals surface area contributed by atoms with Crippen molar-refractivity contribution in [1.29, 1.82) is 0 Å². The molecule has 0 rings (SSSR count). The van der Waals surface area contributed by atoms with E-state index in [4.69, 9.17) is 4.79 Å². The highest BCUT2D eigenvalue weighted by Gasteiger charge is 1.43. The summed E-state index contributed by atoms with van der Waals surface area (Å²) in [5, 5.41) is 2.25. The fraction of sp³-hybridized carbons (Fsp3) is 0.800. The smallest absolute Gasteiger partial charge is 0.206 e. The third-order valence-corrected chi connectivity index (χ3v) is 0.118. The van der Waals surface area contributed by atoms with Gasteiger partial charge in [0, 0.05) is 7.05 Å². The molecule has 2 heteroatoms. The fourth-order valence-electron chi connectivity index (χ4n) is 0. The molecule has 0 aromatic carbocycles. The lowest BCUT2D eigenvalue weighted by atomic mass is 10.6. The Bertz CT molecular complexity index is 29.3. The van der Waals surface area contributed by atoms with Crippen molar-refractivity contribution in [3.63, 3.8) is 0 Å². The number of hydrogen-bond acceptors (Lipinski definition) is 1. The van der Waals surface area contributed by atoms with E-state index in [9.17, 15) is 0 Å². The van der Waals surface area contributed by atoms with Crippen molar-refractivity contribution >= 4 is 6.41 Å². The van der Waals surface area contributed by atoms with Crippen LogP contribution in [0.5, 0.6) is 0 Å². The third kappa shape index (κ3) is 298. The molecule has 0 aromatic heterocycles. The maximum Gasteiger partial charge on any atom is 0.206 e. The maximum atomic E-state index is 9.06. The Morgan fingerprint density at radius 3 is 1.71 bits per heavy atom. The molecule has 1 N–H and O–H groups in total. The Morgan fingerprint density at radius 2 is 1.71 bits per heavy atom. The van der Waals surface area contributed by atoms with Crippen LogP contribution >= 0.6 is 0 Å². The van der Waals surface area contributed by atoms with Crippen LogP contribution < -0.4 is 5.32 Å². The standard InChI is InChI=1S/C3H8.C2H5NO/c1-3-2;1-3-2-4/h3H2,1-2H3;2H,1H3,(H,3,4). The van der Waals surface area contributed by atoms with Crippen molar-refractivity contribution in [2.45, 2.75) is 20.3 Å². The molecule has 44 valence electrons. The van der Waals surface area contributed by atoms with Crippen LogP contribution in [0, 0.1) is 0 Å². The van der Waals surface area contributed by atoms with E-state index in [-0.39, 0.29) is 0 Å². The van der Waals surface area contributed by atoms with Crippen LogP contribution in [0.15, 0.2) is 0 Å². The van der Waals surface area contributed by atoms with Gasteiger partial charge in [-0.25, -0.2) is 0 Å². The van der Waals surface area contributed by atoms with Crippen LogP contribution in [-0.2, 0) is 4.79 Å². The fourth-order valence-corrected chi connectivity index (χ4v) is 0. The number of nitrogens with one attached hydrogen (secondary N) is 1. The normalized spacial score (nSPS) is 5.57. The number of hydrogen-bond donors (Lipinski definition) is 1. The Hall–Kier alpha value is -0.530. The Kier molecular flexibility index (Phi) is 24.8. The van der Waals surface area contributed by atoms with Gasteiger partial charge in [0.1, 0.15) is 0 Å². The van der Waals surface area contributed by atoms with Gasteiger partial charge >= 0.3 is 0 Å². The van der Waals surface area contributed by atoms with Gasteiger partial charge in [-0.2, -0.15) is 0 Å². The molecule has 0 saturated carbocycles. The second kappa shape index (κ2) is 17.9. The van der Waals surface area contributed by atoms with E-state index >= 15 is 0 Å². The molecule has 0 aliphatic carbocycles. The minimum absolute atomic E-state index is 0.625. The lowest BCUT2D eigenvalue weighted by Gasteiger charge is -1.64. The van der Waals surface area contributed by atoms with Crippen LogP contribution in [0.1, 0.15) is 20.3 Å². The van der Waals surface area contributed by atoms with Gasteiger partial charge in [-0.05, 0) is 0 Å². The second-order valence-corrected chi connectivity index (χ2v) is 1.11. The van der Waals surface area contributed by atoms with Crippen molar-refractivity contribution in [3.8, 4) is 0 Å². The third-order valence-electron chi connectivity index (χ3n) is 0.118. The summed E-state index contributed by atoms with van der Waals surface area (Å²) in [6.07, 6.45) is 1.88. The summed E-state index contributed by atoms with van der Waals surface area (Å²) in [5.74, 6) is 0. The molecule has 0 aromatic rings. The highest BCUT2D eigenvalue weighted by molar-refractivity contribution is 5.44. The summed E-state index contributed by atoms with van der Waals surface area (Å²) in [4.78, 5) is 9.06. The van der Waals surface area contributed by atoms with Crippen LogP contribution in [0.2, 0.25) is 0 Å². The van der Waals surface area contributed by atoms with Gasteiger partial charge in [0.25, 0.3) is 0 Å². The summed E-state index contributed by atoms with van der Waals surface area (Å²) >= 11 is 0. The first-order valence-electron chi connectivity index (χ1n) is 2.44. The molecule has 0 aliphatic heterocycles. The monoisotopic (exact) mass is 103 g/mol. The van der Waals surface area contributed by atoms with Crippen LogP contribution in [0.25, 0.3) is 0 Å². The van der Waals surface area contributed by atoms with Crippen molar-refractivity contribution < 1.29 is 4.79 Å². The van der Waals surface area contributed by atoms with Crippen molar-refractivity contribution in [3.05, 3.63) is 0 Å². The van der Waals surface area contributed by atoms with Gasteiger partial charge in [0.2, 0.25) is 6.41 Å². The van der Waals surface area contributed by atoms with Gasteiger partial charge in [-0.3, -0.25) is 4.79 Å². The van der Waals surface area contributed by atoms with E-state index in [1.807, 2.05) is 0 Å². The van der Waals surface area contributed by atoms with Gasteiger partial charge in [0.05, 0.1) is 0 Å². The molecule has 0 bridgehead atoms. The summed E-state index contributed by atoms with van der Waals surface area (Å²) in [6.45, 7) is 4.25. The van der Waals surface area contributed by atoms with Gasteiger partial charge in [-0.15, -0.1) is 0 Å². The van der Waals surface area contributed by atoms with Crippen LogP contribution in [-0.4, -0.2) is 13.5 Å². The van der Waals surface area contributed by atoms with Crippen molar-refractivity contribution in [2.24, 2.45) is 0 Å². The Morgan fingerprint density at radius 1 is 1.57 bits per heavy atom. The summed E-state index contributed by atoms with van der Waals surface area (Å²) < 4.78 is 0. The quantitative estimate of drug-likeness (QED) is 0.488. The Balaban J connectivity index is 0. The first-order chi connectivity index (χ1) is 3.33. The molecule has 1 amide bonds. The molecule has 0 spiro atoms. The molecule has 0 fully saturated rings. The van der Waals surface area contributed by atoms with E-state index in [0.717, 1.165) is 0 Å². The molecule has 0 radical (unpaired) electrons. The number of amides is 1. The largest absolute Gasteiger partial charge is 0.362 e. The molecule has 7 heavy (non-hydrogen) atoms. The highest BCUT2D eigenvalue weighted by atomic mass is 16.1. The highest BCUT2D eigenvalue weighted by Crippen LogP contribution is 1.56. The minimum atomic E-state index is 0.625. The summed E-state index contributed by atoms with van der Waals surface area (Å²) in [7, 11) is 1.56. The van der Waals surface area contributed by atoms with E-state index in [1.165, 1.54) is 6.42 Å². The van der Waals surface area contributed by atoms with E-state index in [0.29, 0.717) is 6.41 Å². The summed E-state index contributed by atoms with van der Waals surface area (Å²) in [6, 6.07) is 0. The number of carbonyl (C=O) groups excluding carboxylic acids is 1. The molecule has 2 nitrogen and oxygen atoms in total. The molecule has 0 atom stereocenters. The average Bonchev–Trinajstić information content (AvgIpc) is 1.69. The molecular formula is C5H13NO. The predicted molar refractivity (Wildman–Crippen MR) is 31.1 cm³/mol. The topological polar surface area (TPSA) is 29.1 Å². The van der Waals surface area contributed by atoms with E-state index in [2.05, 4.69) is 19.2 Å². The number of rotatable bonds is 1. The van der Waals surface area contributed by atoms with Crippen LogP contribution in [0.4, 0.5) is 0 Å². The second-order valence-electron chi connectivity index (χ2n) is 1.11. The van der Waals surface area contributed by atoms with E-state index in [1.54, 1.807) is 7.05 Å². The van der Waals surface area contributed by atoms with Gasteiger partial charge in [0.15, 0.2) is 0 Å². The predicted octanol–water partition coefficient (Wildman–Crippen LogP) is 0.778. The van der Waals surface area contributed by atoms with E-state index < -0.39 is 0 Å². The summed E-state index contributed by atoms with van der Waals surface area (Å²) in [5.41, 5.74) is 0. The zero-order valence-corrected chi connectivity index (χ0v) is 5.19. The maximum absolute atomic E-state index is 9.06. The van der Waals surface area contributed by atoms with Gasteiger partial charge in [-0.1, -0.05) is 20.3 Å². The first-order valence-corrected chi connectivity index (χ1v) is 2.44. The SMILES string of the molecule is CCC.CNC=O. The average molecular weight is 103 g/mol. The minimum Gasteiger partial charge on any atom is -0.362 e. The van der Waals surface area contributed by atoms with Crippen molar-refractivity contribution in [1.82, 2.24) is 5.32 Å². The lowest BCUT2D eigenvalue weighted by molar-refractivity contribution is -0.109. The number of carbonyl (C=O) groups is 1. The van der Waals surface area contributed by atoms with Crippen molar-refractivity contribution in [2.75, 3.05) is 7.05 Å². The molecule has 0 aliphatic rings. The van der Waals surface area contributed by atoms with Gasteiger partial charge < -0.3 is 5.32 Å². The first kappa shape index (κ1) is 9.69. The zero-order valence-electron chi connectivity index (χ0n) is 5.19.